The van der Waals surface area contributed by atoms with Gasteiger partial charge in [-0.3, -0.25) is 9.59 Å². The van der Waals surface area contributed by atoms with Crippen LogP contribution in [0.25, 0.3) is 11.1 Å². The molecular weight excluding hydrogens is 408 g/mol. The minimum absolute atomic E-state index is 0.0196. The van der Waals surface area contributed by atoms with Gasteiger partial charge in [0, 0.05) is 18.4 Å². The molecule has 0 spiro atoms. The Labute approximate surface area is 187 Å². The van der Waals surface area contributed by atoms with E-state index in [1.165, 1.54) is 0 Å². The predicted molar refractivity (Wildman–Crippen MR) is 119 cm³/mol. The molecular formula is C25H28N2O5. The second-order valence-electron chi connectivity index (χ2n) is 8.69. The highest BCUT2D eigenvalue weighted by Crippen LogP contribution is 2.44. The molecule has 0 heterocycles. The number of carbonyl (C=O) groups is 3. The Morgan fingerprint density at radius 1 is 1.06 bits per heavy atom. The molecule has 1 atom stereocenters. The van der Waals surface area contributed by atoms with E-state index in [4.69, 9.17) is 9.84 Å². The van der Waals surface area contributed by atoms with Gasteiger partial charge in [0.05, 0.1) is 0 Å². The van der Waals surface area contributed by atoms with Crippen LogP contribution in [0.5, 0.6) is 0 Å². The number of nitrogens with one attached hydrogen (secondary N) is 2. The van der Waals surface area contributed by atoms with Crippen molar-refractivity contribution in [2.24, 2.45) is 0 Å². The molecule has 2 aliphatic carbocycles. The minimum Gasteiger partial charge on any atom is -0.481 e. The lowest BCUT2D eigenvalue weighted by Crippen LogP contribution is -2.63. The molecule has 1 saturated carbocycles. The van der Waals surface area contributed by atoms with Crippen LogP contribution in [0.3, 0.4) is 0 Å². The molecule has 0 bridgehead atoms. The molecule has 1 fully saturated rings. The molecule has 168 valence electrons. The molecule has 0 radical (unpaired) electrons. The zero-order valence-corrected chi connectivity index (χ0v) is 18.1. The standard InChI is InChI=1S/C25H28N2O5/c1-16(11-12-22(28)29)26-23(30)25(13-6-14-25)27-24(31)32-15-21-19-9-4-2-7-17(19)18-8-3-5-10-20(18)21/h2-5,7-10,16,21H,6,11-15H2,1H3,(H,26,30)(H,27,31)(H,28,29). The third-order valence-corrected chi connectivity index (χ3v) is 6.50. The summed E-state index contributed by atoms with van der Waals surface area (Å²) in [7, 11) is 0. The van der Waals surface area contributed by atoms with E-state index in [0.29, 0.717) is 19.3 Å². The smallest absolute Gasteiger partial charge is 0.408 e. The van der Waals surface area contributed by atoms with E-state index < -0.39 is 17.6 Å². The number of hydrogen-bond donors (Lipinski definition) is 3. The summed E-state index contributed by atoms with van der Waals surface area (Å²) < 4.78 is 5.60. The van der Waals surface area contributed by atoms with Gasteiger partial charge in [0.25, 0.3) is 0 Å². The molecule has 3 N–H and O–H groups in total. The molecule has 2 amide bonds. The second-order valence-corrected chi connectivity index (χ2v) is 8.69. The van der Waals surface area contributed by atoms with Crippen LogP contribution < -0.4 is 10.6 Å². The van der Waals surface area contributed by atoms with Crippen LogP contribution in [0.15, 0.2) is 48.5 Å². The summed E-state index contributed by atoms with van der Waals surface area (Å²) in [4.78, 5) is 36.2. The van der Waals surface area contributed by atoms with E-state index in [0.717, 1.165) is 28.7 Å². The first-order chi connectivity index (χ1) is 15.4. The van der Waals surface area contributed by atoms with Crippen molar-refractivity contribution in [2.45, 2.75) is 56.5 Å². The highest BCUT2D eigenvalue weighted by atomic mass is 16.5. The van der Waals surface area contributed by atoms with E-state index in [2.05, 4.69) is 34.9 Å². The Kier molecular flexibility index (Phi) is 6.17. The highest BCUT2D eigenvalue weighted by molar-refractivity contribution is 5.91. The van der Waals surface area contributed by atoms with Crippen molar-refractivity contribution in [3.63, 3.8) is 0 Å². The average Bonchev–Trinajstić information content (AvgIpc) is 3.07. The summed E-state index contributed by atoms with van der Waals surface area (Å²) in [5.74, 6) is -1.23. The molecule has 0 aromatic heterocycles. The molecule has 7 heteroatoms. The molecule has 2 aromatic rings. The predicted octanol–water partition coefficient (Wildman–Crippen LogP) is 3.82. The first-order valence-corrected chi connectivity index (χ1v) is 11.1. The molecule has 2 aliphatic rings. The fourth-order valence-electron chi connectivity index (χ4n) is 4.54. The van der Waals surface area contributed by atoms with Gasteiger partial charge >= 0.3 is 12.1 Å². The van der Waals surface area contributed by atoms with Gasteiger partial charge in [0.2, 0.25) is 5.91 Å². The molecule has 1 unspecified atom stereocenters. The first kappa shape index (κ1) is 21.9. The molecule has 2 aromatic carbocycles. The van der Waals surface area contributed by atoms with Crippen molar-refractivity contribution in [1.82, 2.24) is 10.6 Å². The molecule has 0 saturated heterocycles. The largest absolute Gasteiger partial charge is 0.481 e. The third kappa shape index (κ3) is 4.33. The topological polar surface area (TPSA) is 105 Å². The molecule has 4 rings (SSSR count). The third-order valence-electron chi connectivity index (χ3n) is 6.50. The summed E-state index contributed by atoms with van der Waals surface area (Å²) in [5.41, 5.74) is 3.58. The zero-order chi connectivity index (χ0) is 22.7. The van der Waals surface area contributed by atoms with Gasteiger partial charge in [0.15, 0.2) is 0 Å². The van der Waals surface area contributed by atoms with Gasteiger partial charge in [-0.1, -0.05) is 48.5 Å². The minimum atomic E-state index is -0.986. The monoisotopic (exact) mass is 436 g/mol. The van der Waals surface area contributed by atoms with Gasteiger partial charge in [0.1, 0.15) is 12.1 Å². The Morgan fingerprint density at radius 3 is 2.19 bits per heavy atom. The van der Waals surface area contributed by atoms with Gasteiger partial charge in [-0.25, -0.2) is 4.79 Å². The van der Waals surface area contributed by atoms with Crippen LogP contribution in [-0.4, -0.2) is 41.3 Å². The number of aliphatic carboxylic acids is 1. The van der Waals surface area contributed by atoms with Crippen LogP contribution in [0.1, 0.15) is 56.1 Å². The van der Waals surface area contributed by atoms with Crippen LogP contribution in [0, 0.1) is 0 Å². The molecule has 32 heavy (non-hydrogen) atoms. The summed E-state index contributed by atoms with van der Waals surface area (Å²) in [5, 5.41) is 14.4. The van der Waals surface area contributed by atoms with Gasteiger partial charge in [-0.15, -0.1) is 0 Å². The quantitative estimate of drug-likeness (QED) is 0.584. The van der Waals surface area contributed by atoms with Crippen molar-refractivity contribution in [3.8, 4) is 11.1 Å². The highest BCUT2D eigenvalue weighted by Gasteiger charge is 2.46. The Balaban J connectivity index is 1.37. The van der Waals surface area contributed by atoms with Crippen LogP contribution in [-0.2, 0) is 14.3 Å². The fraction of sp³-hybridized carbons (Fsp3) is 0.400. The van der Waals surface area contributed by atoms with Crippen LogP contribution >= 0.6 is 0 Å². The van der Waals surface area contributed by atoms with Crippen molar-refractivity contribution < 1.29 is 24.2 Å². The van der Waals surface area contributed by atoms with E-state index in [-0.39, 0.29) is 30.9 Å². The zero-order valence-electron chi connectivity index (χ0n) is 18.1. The fourth-order valence-corrected chi connectivity index (χ4v) is 4.54. The Bertz CT molecular complexity index is 985. The van der Waals surface area contributed by atoms with E-state index in [9.17, 15) is 14.4 Å². The Hall–Kier alpha value is -3.35. The van der Waals surface area contributed by atoms with Crippen molar-refractivity contribution >= 4 is 18.0 Å². The van der Waals surface area contributed by atoms with Crippen molar-refractivity contribution in [1.29, 1.82) is 0 Å². The maximum Gasteiger partial charge on any atom is 0.408 e. The van der Waals surface area contributed by atoms with E-state index in [1.807, 2.05) is 24.3 Å². The lowest BCUT2D eigenvalue weighted by Gasteiger charge is -2.41. The Morgan fingerprint density at radius 2 is 1.66 bits per heavy atom. The summed E-state index contributed by atoms with van der Waals surface area (Å²) >= 11 is 0. The number of hydrogen-bond acceptors (Lipinski definition) is 4. The summed E-state index contributed by atoms with van der Waals surface area (Å²) in [6.07, 6.45) is 1.61. The maximum absolute atomic E-state index is 12.8. The lowest BCUT2D eigenvalue weighted by atomic mass is 9.76. The number of carboxylic acids is 1. The SMILES string of the molecule is CC(CCC(=O)O)NC(=O)C1(NC(=O)OCC2c3ccccc3-c3ccccc32)CCC1. The van der Waals surface area contributed by atoms with Crippen molar-refractivity contribution in [3.05, 3.63) is 59.7 Å². The number of alkyl carbamates (subject to hydrolysis) is 1. The van der Waals surface area contributed by atoms with Gasteiger partial charge in [-0.2, -0.15) is 0 Å². The average molecular weight is 437 g/mol. The second kappa shape index (κ2) is 9.02. The normalized spacial score (nSPS) is 16.8. The summed E-state index contributed by atoms with van der Waals surface area (Å²) in [6.45, 7) is 1.95. The maximum atomic E-state index is 12.8. The summed E-state index contributed by atoms with van der Waals surface area (Å²) in [6, 6.07) is 15.9. The first-order valence-electron chi connectivity index (χ1n) is 11.1. The van der Waals surface area contributed by atoms with Crippen LogP contribution in [0.2, 0.25) is 0 Å². The van der Waals surface area contributed by atoms with E-state index >= 15 is 0 Å². The van der Waals surface area contributed by atoms with Gasteiger partial charge in [-0.05, 0) is 54.9 Å². The number of carbonyl (C=O) groups excluding carboxylic acids is 2. The number of amides is 2. The number of rotatable bonds is 8. The number of ether oxygens (including phenoxy) is 1. The number of carboxylic acid groups (broad SMARTS) is 1. The van der Waals surface area contributed by atoms with E-state index in [1.54, 1.807) is 6.92 Å². The lowest BCUT2D eigenvalue weighted by molar-refractivity contribution is -0.138. The molecule has 7 nitrogen and oxygen atoms in total. The molecule has 0 aliphatic heterocycles. The van der Waals surface area contributed by atoms with Gasteiger partial charge < -0.3 is 20.5 Å². The van der Waals surface area contributed by atoms with Crippen molar-refractivity contribution in [2.75, 3.05) is 6.61 Å². The van der Waals surface area contributed by atoms with Crippen LogP contribution in [0.4, 0.5) is 4.79 Å². The number of fused-ring (bicyclic) bond motifs is 3. The number of benzene rings is 2.